The Morgan fingerprint density at radius 3 is 2.63 bits per heavy atom. The number of amides is 2. The van der Waals surface area contributed by atoms with E-state index in [1.807, 2.05) is 66.5 Å². The highest BCUT2D eigenvalue weighted by molar-refractivity contribution is 5.99. The monoisotopic (exact) mass is 403 g/mol. The van der Waals surface area contributed by atoms with Gasteiger partial charge in [-0.15, -0.1) is 0 Å². The van der Waals surface area contributed by atoms with Gasteiger partial charge in [0.05, 0.1) is 24.0 Å². The fourth-order valence-corrected chi connectivity index (χ4v) is 4.72. The van der Waals surface area contributed by atoms with Crippen LogP contribution < -0.4 is 4.90 Å². The normalized spacial score (nSPS) is 22.4. The fraction of sp³-hybridized carbons (Fsp3) is 0.348. The first kappa shape index (κ1) is 18.8. The molecule has 7 nitrogen and oxygen atoms in total. The van der Waals surface area contributed by atoms with Crippen LogP contribution in [0.1, 0.15) is 16.8 Å². The van der Waals surface area contributed by atoms with Crippen LogP contribution in [-0.4, -0.2) is 70.2 Å². The third-order valence-corrected chi connectivity index (χ3v) is 6.55. The first-order chi connectivity index (χ1) is 14.4. The molecule has 1 atom stereocenters. The van der Waals surface area contributed by atoms with Crippen molar-refractivity contribution in [2.45, 2.75) is 12.0 Å². The molecule has 2 amide bonds. The Labute approximate surface area is 175 Å². The lowest BCUT2D eigenvalue weighted by atomic mass is 9.93. The lowest BCUT2D eigenvalue weighted by Crippen LogP contribution is -2.64. The number of anilines is 1. The van der Waals surface area contributed by atoms with Crippen molar-refractivity contribution >= 4 is 28.3 Å². The summed E-state index contributed by atoms with van der Waals surface area (Å²) in [5.74, 6) is 0.117. The predicted octanol–water partition coefficient (Wildman–Crippen LogP) is 2.14. The Morgan fingerprint density at radius 1 is 1.07 bits per heavy atom. The van der Waals surface area contributed by atoms with Crippen LogP contribution in [0.25, 0.3) is 10.8 Å². The van der Waals surface area contributed by atoms with Crippen LogP contribution in [0.5, 0.6) is 0 Å². The second kappa shape index (κ2) is 6.95. The van der Waals surface area contributed by atoms with E-state index in [-0.39, 0.29) is 17.4 Å². The average Bonchev–Trinajstić information content (AvgIpc) is 3.37. The van der Waals surface area contributed by atoms with E-state index in [0.29, 0.717) is 31.7 Å². The number of hydrogen-bond acceptors (Lipinski definition) is 4. The zero-order valence-electron chi connectivity index (χ0n) is 17.3. The van der Waals surface area contributed by atoms with Gasteiger partial charge in [-0.3, -0.25) is 19.2 Å². The molecule has 2 aliphatic heterocycles. The molecule has 2 aliphatic rings. The highest BCUT2D eigenvalue weighted by Gasteiger charge is 2.48. The Hall–Kier alpha value is -3.19. The van der Waals surface area contributed by atoms with Crippen LogP contribution in [-0.2, 0) is 11.8 Å². The van der Waals surface area contributed by atoms with Crippen molar-refractivity contribution in [3.63, 3.8) is 0 Å². The molecule has 2 fully saturated rings. The van der Waals surface area contributed by atoms with Gasteiger partial charge in [-0.05, 0) is 36.4 Å². The molecule has 0 aliphatic carbocycles. The molecule has 1 spiro atoms. The zero-order chi connectivity index (χ0) is 20.9. The number of hydrogen-bond donors (Lipinski definition) is 0. The Morgan fingerprint density at radius 2 is 1.87 bits per heavy atom. The number of likely N-dealkylation sites (N-methyl/N-ethyl adjacent to an activating group) is 1. The lowest BCUT2D eigenvalue weighted by molar-refractivity contribution is -0.123. The summed E-state index contributed by atoms with van der Waals surface area (Å²) in [4.78, 5) is 31.8. The van der Waals surface area contributed by atoms with Gasteiger partial charge in [0, 0.05) is 38.4 Å². The SMILES string of the molecule is CN1CC(=O)N(c2cnn(C)c2)C[C@@]12CCN(C(=O)c1ccc3ccccc3c1)C2. The maximum atomic E-state index is 13.3. The number of fused-ring (bicyclic) bond motifs is 1. The first-order valence-corrected chi connectivity index (χ1v) is 10.2. The van der Waals surface area contributed by atoms with Crippen molar-refractivity contribution in [3.05, 3.63) is 60.4 Å². The summed E-state index contributed by atoms with van der Waals surface area (Å²) >= 11 is 0. The fourth-order valence-electron chi connectivity index (χ4n) is 4.72. The number of carbonyl (C=O) groups excluding carboxylic acids is 2. The molecule has 7 heteroatoms. The van der Waals surface area contributed by atoms with E-state index < -0.39 is 0 Å². The summed E-state index contributed by atoms with van der Waals surface area (Å²) in [5, 5.41) is 6.41. The molecule has 0 N–H and O–H groups in total. The largest absolute Gasteiger partial charge is 0.337 e. The van der Waals surface area contributed by atoms with E-state index >= 15 is 0 Å². The van der Waals surface area contributed by atoms with Crippen LogP contribution in [0.2, 0.25) is 0 Å². The molecule has 154 valence electrons. The summed E-state index contributed by atoms with van der Waals surface area (Å²) in [6, 6.07) is 14.0. The second-order valence-electron chi connectivity index (χ2n) is 8.47. The van der Waals surface area contributed by atoms with Crippen molar-refractivity contribution in [2.75, 3.05) is 38.1 Å². The summed E-state index contributed by atoms with van der Waals surface area (Å²) < 4.78 is 1.71. The predicted molar refractivity (Wildman–Crippen MR) is 115 cm³/mol. The molecule has 2 saturated heterocycles. The molecular weight excluding hydrogens is 378 g/mol. The minimum Gasteiger partial charge on any atom is -0.337 e. The first-order valence-electron chi connectivity index (χ1n) is 10.2. The number of nitrogens with zero attached hydrogens (tertiary/aromatic N) is 5. The minimum absolute atomic E-state index is 0.0517. The number of aromatic nitrogens is 2. The van der Waals surface area contributed by atoms with E-state index in [0.717, 1.165) is 22.9 Å². The number of piperazine rings is 1. The molecule has 30 heavy (non-hydrogen) atoms. The number of rotatable bonds is 2. The third-order valence-electron chi connectivity index (χ3n) is 6.55. The smallest absolute Gasteiger partial charge is 0.253 e. The standard InChI is InChI=1S/C23H25N5O2/c1-25-14-21(29)28(20-12-24-26(2)13-20)16-23(25)9-10-27(15-23)22(30)19-8-7-17-5-3-4-6-18(17)11-19/h3-8,11-13H,9-10,14-16H2,1-2H3/t23-/m0/s1. The number of likely N-dealkylation sites (tertiary alicyclic amines) is 1. The van der Waals surface area contributed by atoms with Gasteiger partial charge in [0.15, 0.2) is 0 Å². The maximum absolute atomic E-state index is 13.3. The van der Waals surface area contributed by atoms with Crippen LogP contribution in [0.15, 0.2) is 54.9 Å². The van der Waals surface area contributed by atoms with E-state index in [2.05, 4.69) is 16.1 Å². The van der Waals surface area contributed by atoms with E-state index in [1.54, 1.807) is 10.9 Å². The van der Waals surface area contributed by atoms with Crippen molar-refractivity contribution in [1.29, 1.82) is 0 Å². The van der Waals surface area contributed by atoms with Gasteiger partial charge in [0.25, 0.3) is 5.91 Å². The van der Waals surface area contributed by atoms with Gasteiger partial charge >= 0.3 is 0 Å². The molecule has 1 aromatic heterocycles. The van der Waals surface area contributed by atoms with Crippen molar-refractivity contribution in [2.24, 2.45) is 7.05 Å². The molecule has 3 aromatic rings. The van der Waals surface area contributed by atoms with Crippen LogP contribution in [0.3, 0.4) is 0 Å². The van der Waals surface area contributed by atoms with Crippen molar-refractivity contribution in [1.82, 2.24) is 19.6 Å². The Balaban J connectivity index is 1.38. The van der Waals surface area contributed by atoms with Gasteiger partial charge < -0.3 is 9.80 Å². The summed E-state index contributed by atoms with van der Waals surface area (Å²) in [7, 11) is 3.84. The quantitative estimate of drug-likeness (QED) is 0.658. The number of carbonyl (C=O) groups is 2. The van der Waals surface area contributed by atoms with Gasteiger partial charge in [0.1, 0.15) is 0 Å². The van der Waals surface area contributed by atoms with Crippen LogP contribution in [0.4, 0.5) is 5.69 Å². The van der Waals surface area contributed by atoms with Gasteiger partial charge in [-0.1, -0.05) is 30.3 Å². The average molecular weight is 403 g/mol. The Kier molecular flexibility index (Phi) is 4.36. The summed E-state index contributed by atoms with van der Waals surface area (Å²) in [6.45, 7) is 2.20. The molecule has 5 rings (SSSR count). The van der Waals surface area contributed by atoms with E-state index in [1.165, 1.54) is 0 Å². The van der Waals surface area contributed by atoms with Crippen molar-refractivity contribution in [3.8, 4) is 0 Å². The van der Waals surface area contributed by atoms with E-state index in [9.17, 15) is 9.59 Å². The van der Waals surface area contributed by atoms with E-state index in [4.69, 9.17) is 0 Å². The summed E-state index contributed by atoms with van der Waals surface area (Å²) in [6.07, 6.45) is 4.43. The minimum atomic E-state index is -0.240. The molecular formula is C23H25N5O2. The van der Waals surface area contributed by atoms with Crippen LogP contribution in [0, 0.1) is 0 Å². The van der Waals surface area contributed by atoms with Gasteiger partial charge in [-0.25, -0.2) is 0 Å². The topological polar surface area (TPSA) is 61.7 Å². The highest BCUT2D eigenvalue weighted by Crippen LogP contribution is 2.34. The molecule has 2 aromatic carbocycles. The highest BCUT2D eigenvalue weighted by atomic mass is 16.2. The maximum Gasteiger partial charge on any atom is 0.253 e. The van der Waals surface area contributed by atoms with Crippen LogP contribution >= 0.6 is 0 Å². The molecule has 0 saturated carbocycles. The molecule has 0 unspecified atom stereocenters. The zero-order valence-corrected chi connectivity index (χ0v) is 17.3. The Bertz CT molecular complexity index is 1140. The number of benzene rings is 2. The number of aryl methyl sites for hydroxylation is 1. The molecule has 0 radical (unpaired) electrons. The molecule has 3 heterocycles. The second-order valence-corrected chi connectivity index (χ2v) is 8.47. The summed E-state index contributed by atoms with van der Waals surface area (Å²) in [5.41, 5.74) is 1.29. The third kappa shape index (κ3) is 3.06. The molecule has 0 bridgehead atoms. The van der Waals surface area contributed by atoms with Crippen molar-refractivity contribution < 1.29 is 9.59 Å². The van der Waals surface area contributed by atoms with Gasteiger partial charge in [-0.2, -0.15) is 5.10 Å². The lowest BCUT2D eigenvalue weighted by Gasteiger charge is -2.46. The van der Waals surface area contributed by atoms with Gasteiger partial charge in [0.2, 0.25) is 5.91 Å².